The quantitative estimate of drug-likeness (QED) is 0.423. The number of hydrogen-bond donors (Lipinski definition) is 0. The fourth-order valence-corrected chi connectivity index (χ4v) is 0. The van der Waals surface area contributed by atoms with Crippen LogP contribution in [-0.2, 0) is 33.6 Å². The molecule has 0 aliphatic rings. The van der Waals surface area contributed by atoms with E-state index in [-0.39, 0.29) is 55.5 Å². The molecule has 4 heavy (non-hydrogen) atoms. The predicted octanol–water partition coefficient (Wildman–Crippen LogP) is -0.767. The molecule has 0 saturated carbocycles. The van der Waals surface area contributed by atoms with E-state index >= 15 is 0 Å². The van der Waals surface area contributed by atoms with Gasteiger partial charge in [0.05, 0.1) is 0 Å². The summed E-state index contributed by atoms with van der Waals surface area (Å²) in [5.74, 6) is 0. The van der Waals surface area contributed by atoms with Crippen LogP contribution in [0.15, 0.2) is 0 Å². The molecule has 0 spiro atoms. The van der Waals surface area contributed by atoms with Crippen molar-refractivity contribution in [3.05, 3.63) is 0 Å². The van der Waals surface area contributed by atoms with Gasteiger partial charge in [0.25, 0.3) is 0 Å². The molecule has 0 rings (SSSR count). The molecule has 0 aromatic rings. The minimum atomic E-state index is 0. The van der Waals surface area contributed by atoms with Crippen LogP contribution < -0.4 is 0 Å². The van der Waals surface area contributed by atoms with Gasteiger partial charge < -0.3 is 0 Å². The summed E-state index contributed by atoms with van der Waals surface area (Å²) in [6.45, 7) is 0. The SMILES string of the molecule is [Co].[Co].[Si].[Si]. The molecule has 4 heteroatoms. The van der Waals surface area contributed by atoms with Gasteiger partial charge in [-0.25, -0.2) is 0 Å². The smallest absolute Gasteiger partial charge is 0 e. The predicted molar refractivity (Wildman–Crippen MR) is 11.5 cm³/mol. The van der Waals surface area contributed by atoms with Crippen molar-refractivity contribution in [2.75, 3.05) is 0 Å². The normalized spacial score (nSPS) is 0. The summed E-state index contributed by atoms with van der Waals surface area (Å²) in [7, 11) is 0. The Hall–Kier alpha value is 1.45. The second kappa shape index (κ2) is 25.2. The Morgan fingerprint density at radius 2 is 0.500 bits per heavy atom. The van der Waals surface area contributed by atoms with Gasteiger partial charge in [0.1, 0.15) is 0 Å². The number of rotatable bonds is 0. The molecular formula is Co2Si2. The van der Waals surface area contributed by atoms with Gasteiger partial charge in [0.2, 0.25) is 0 Å². The monoisotopic (exact) mass is 174 g/mol. The van der Waals surface area contributed by atoms with Crippen LogP contribution >= 0.6 is 0 Å². The van der Waals surface area contributed by atoms with Crippen LogP contribution in [-0.4, -0.2) is 21.9 Å². The van der Waals surface area contributed by atoms with Gasteiger partial charge in [0, 0.05) is 55.5 Å². The summed E-state index contributed by atoms with van der Waals surface area (Å²) in [4.78, 5) is 0. The molecule has 10 radical (unpaired) electrons. The Morgan fingerprint density at radius 1 is 0.500 bits per heavy atom. The van der Waals surface area contributed by atoms with Gasteiger partial charge in [-0.15, -0.1) is 0 Å². The molecule has 0 fully saturated rings. The molecule has 0 aliphatic heterocycles. The molecule has 0 bridgehead atoms. The first-order valence-electron chi connectivity index (χ1n) is 0. The van der Waals surface area contributed by atoms with Crippen molar-refractivity contribution in [2.24, 2.45) is 0 Å². The first-order chi connectivity index (χ1) is 0. The van der Waals surface area contributed by atoms with Crippen LogP contribution in [0, 0.1) is 0 Å². The fraction of sp³-hybridized carbons (Fsp3) is 0. The summed E-state index contributed by atoms with van der Waals surface area (Å²) in [6.07, 6.45) is 0. The third-order valence-corrected chi connectivity index (χ3v) is 0. The first kappa shape index (κ1) is 51.5. The molecule has 0 heterocycles. The minimum Gasteiger partial charge on any atom is 0 e. The van der Waals surface area contributed by atoms with Crippen LogP contribution in [0.3, 0.4) is 0 Å². The maximum absolute atomic E-state index is 0. The minimum absolute atomic E-state index is 0. The van der Waals surface area contributed by atoms with Crippen LogP contribution in [0.2, 0.25) is 0 Å². The molecule has 0 atom stereocenters. The second-order valence-electron chi connectivity index (χ2n) is 0. The Labute approximate surface area is 55.6 Å². The Kier molecular flexibility index (Phi) is 325. The summed E-state index contributed by atoms with van der Waals surface area (Å²) < 4.78 is 0. The summed E-state index contributed by atoms with van der Waals surface area (Å²) in [6, 6.07) is 0. The topological polar surface area (TPSA) is 0 Å². The van der Waals surface area contributed by atoms with Crippen molar-refractivity contribution in [1.82, 2.24) is 0 Å². The Bertz CT molecular complexity index is 4.00. The standard InChI is InChI=1S/2Co.2Si. The third-order valence-electron chi connectivity index (χ3n) is 0. The molecule has 0 nitrogen and oxygen atoms in total. The maximum Gasteiger partial charge on any atom is 0 e. The van der Waals surface area contributed by atoms with Gasteiger partial charge in [-0.1, -0.05) is 0 Å². The molecular weight excluding hydrogens is 174 g/mol. The van der Waals surface area contributed by atoms with E-state index in [1.807, 2.05) is 0 Å². The number of hydrogen-bond acceptors (Lipinski definition) is 0. The molecule has 0 N–H and O–H groups in total. The zero-order valence-electron chi connectivity index (χ0n) is 1.67. The molecule has 0 amide bonds. The second-order valence-corrected chi connectivity index (χ2v) is 0. The van der Waals surface area contributed by atoms with Crippen molar-refractivity contribution in [1.29, 1.82) is 0 Å². The van der Waals surface area contributed by atoms with Crippen molar-refractivity contribution in [2.45, 2.75) is 0 Å². The molecule has 0 saturated heterocycles. The molecule has 0 aromatic heterocycles. The van der Waals surface area contributed by atoms with E-state index in [4.69, 9.17) is 0 Å². The van der Waals surface area contributed by atoms with E-state index in [1.165, 1.54) is 0 Å². The summed E-state index contributed by atoms with van der Waals surface area (Å²) in [5, 5.41) is 0. The van der Waals surface area contributed by atoms with Crippen molar-refractivity contribution in [3.8, 4) is 0 Å². The molecule has 0 aromatic carbocycles. The summed E-state index contributed by atoms with van der Waals surface area (Å²) in [5.41, 5.74) is 0. The Balaban J connectivity index is 0. The Morgan fingerprint density at radius 3 is 0.500 bits per heavy atom. The zero-order valence-corrected chi connectivity index (χ0v) is 5.75. The van der Waals surface area contributed by atoms with Gasteiger partial charge >= 0.3 is 0 Å². The van der Waals surface area contributed by atoms with Crippen LogP contribution in [0.4, 0.5) is 0 Å². The van der Waals surface area contributed by atoms with E-state index in [2.05, 4.69) is 0 Å². The van der Waals surface area contributed by atoms with E-state index < -0.39 is 0 Å². The third kappa shape index (κ3) is 9.86. The van der Waals surface area contributed by atoms with E-state index in [1.54, 1.807) is 0 Å². The van der Waals surface area contributed by atoms with Crippen molar-refractivity contribution in [3.63, 3.8) is 0 Å². The molecule has 0 aliphatic carbocycles. The largest absolute Gasteiger partial charge is 0 e. The van der Waals surface area contributed by atoms with Crippen LogP contribution in [0.5, 0.6) is 0 Å². The summed E-state index contributed by atoms with van der Waals surface area (Å²) >= 11 is 0. The van der Waals surface area contributed by atoms with Gasteiger partial charge in [-0.05, 0) is 0 Å². The zero-order chi connectivity index (χ0) is 0. The first-order valence-corrected chi connectivity index (χ1v) is 0. The van der Waals surface area contributed by atoms with E-state index in [0.29, 0.717) is 0 Å². The van der Waals surface area contributed by atoms with Gasteiger partial charge in [0.15, 0.2) is 0 Å². The van der Waals surface area contributed by atoms with Gasteiger partial charge in [-0.3, -0.25) is 0 Å². The maximum atomic E-state index is 0. The molecule has 0 unspecified atom stereocenters. The van der Waals surface area contributed by atoms with E-state index in [9.17, 15) is 0 Å². The van der Waals surface area contributed by atoms with Crippen molar-refractivity contribution < 1.29 is 33.6 Å². The average molecular weight is 174 g/mol. The molecule has 26 valence electrons. The van der Waals surface area contributed by atoms with Gasteiger partial charge in [-0.2, -0.15) is 0 Å². The van der Waals surface area contributed by atoms with Crippen LogP contribution in [0.1, 0.15) is 0 Å². The average Bonchev–Trinajstić information content (AvgIpc) is 0. The van der Waals surface area contributed by atoms with Crippen LogP contribution in [0.25, 0.3) is 0 Å². The fourth-order valence-electron chi connectivity index (χ4n) is 0. The van der Waals surface area contributed by atoms with E-state index in [0.717, 1.165) is 0 Å². The van der Waals surface area contributed by atoms with Crippen molar-refractivity contribution >= 4 is 21.9 Å².